The summed E-state index contributed by atoms with van der Waals surface area (Å²) in [5.41, 5.74) is 0.484. The largest absolute Gasteiger partial charge is 0.229 e. The average Bonchev–Trinajstić information content (AvgIpc) is 2.70. The van der Waals surface area contributed by atoms with Crippen LogP contribution >= 0.6 is 0 Å². The molecule has 5 nitrogen and oxygen atoms in total. The Morgan fingerprint density at radius 3 is 2.45 bits per heavy atom. The van der Waals surface area contributed by atoms with Gasteiger partial charge in [0.2, 0.25) is 10.0 Å². The second kappa shape index (κ2) is 5.79. The average molecular weight is 321 g/mol. The van der Waals surface area contributed by atoms with Crippen LogP contribution in [-0.2, 0) is 25.6 Å². The van der Waals surface area contributed by atoms with E-state index < -0.39 is 25.7 Å². The molecule has 0 saturated carbocycles. The summed E-state index contributed by atoms with van der Waals surface area (Å²) in [6.07, 6.45) is 0.488. The Kier molecular flexibility index (Phi) is 4.46. The van der Waals surface area contributed by atoms with Gasteiger partial charge in [0, 0.05) is 6.54 Å². The van der Waals surface area contributed by atoms with E-state index in [-0.39, 0.29) is 29.7 Å². The zero-order chi connectivity index (χ0) is 14.8. The first-order chi connectivity index (χ1) is 9.26. The lowest BCUT2D eigenvalue weighted by Crippen LogP contribution is -2.30. The zero-order valence-corrected chi connectivity index (χ0v) is 12.4. The van der Waals surface area contributed by atoms with E-state index in [1.165, 1.54) is 24.3 Å². The minimum absolute atomic E-state index is 0.0338. The molecular weight excluding hydrogens is 305 g/mol. The van der Waals surface area contributed by atoms with Crippen molar-refractivity contribution < 1.29 is 21.2 Å². The van der Waals surface area contributed by atoms with Crippen molar-refractivity contribution in [1.29, 1.82) is 0 Å². The van der Waals surface area contributed by atoms with Gasteiger partial charge in [-0.3, -0.25) is 0 Å². The van der Waals surface area contributed by atoms with E-state index in [0.29, 0.717) is 12.0 Å². The van der Waals surface area contributed by atoms with Crippen molar-refractivity contribution in [3.63, 3.8) is 0 Å². The van der Waals surface area contributed by atoms with Gasteiger partial charge in [0.25, 0.3) is 0 Å². The Morgan fingerprint density at radius 1 is 1.25 bits per heavy atom. The maximum absolute atomic E-state index is 12.7. The van der Waals surface area contributed by atoms with Gasteiger partial charge in [0.05, 0.1) is 17.3 Å². The van der Waals surface area contributed by atoms with Crippen LogP contribution in [0.2, 0.25) is 0 Å². The fourth-order valence-corrected chi connectivity index (χ4v) is 5.21. The quantitative estimate of drug-likeness (QED) is 0.865. The maximum atomic E-state index is 12.7. The first kappa shape index (κ1) is 15.4. The molecule has 0 spiro atoms. The van der Waals surface area contributed by atoms with Crippen LogP contribution in [0.15, 0.2) is 24.3 Å². The standard InChI is InChI=1S/C12H16FNO4S2/c13-12-3-1-10(2-4-12)9-20(17,18)14-7-11-5-6-19(15,16)8-11/h1-4,11,14H,5-9H2. The number of rotatable bonds is 5. The van der Waals surface area contributed by atoms with Crippen molar-refractivity contribution in [2.75, 3.05) is 18.1 Å². The van der Waals surface area contributed by atoms with E-state index in [9.17, 15) is 21.2 Å². The fraction of sp³-hybridized carbons (Fsp3) is 0.500. The van der Waals surface area contributed by atoms with E-state index in [1.807, 2.05) is 0 Å². The summed E-state index contributed by atoms with van der Waals surface area (Å²) in [5.74, 6) is -0.672. The summed E-state index contributed by atoms with van der Waals surface area (Å²) >= 11 is 0. The number of sulfonamides is 1. The van der Waals surface area contributed by atoms with Crippen molar-refractivity contribution in [3.8, 4) is 0 Å². The van der Waals surface area contributed by atoms with Crippen molar-refractivity contribution in [2.45, 2.75) is 12.2 Å². The van der Waals surface area contributed by atoms with E-state index in [2.05, 4.69) is 4.72 Å². The zero-order valence-electron chi connectivity index (χ0n) is 10.7. The third-order valence-corrected chi connectivity index (χ3v) is 6.35. The molecule has 1 heterocycles. The molecule has 0 bridgehead atoms. The lowest BCUT2D eigenvalue weighted by Gasteiger charge is -2.10. The van der Waals surface area contributed by atoms with Crippen molar-refractivity contribution in [3.05, 3.63) is 35.6 Å². The van der Waals surface area contributed by atoms with E-state index in [4.69, 9.17) is 0 Å². The first-order valence-electron chi connectivity index (χ1n) is 6.18. The summed E-state index contributed by atoms with van der Waals surface area (Å²) in [5, 5.41) is 0. The predicted octanol–water partition coefficient (Wildman–Crippen LogP) is 0.680. The van der Waals surface area contributed by atoms with Crippen LogP contribution in [0.4, 0.5) is 4.39 Å². The van der Waals surface area contributed by atoms with Crippen molar-refractivity contribution in [1.82, 2.24) is 4.72 Å². The lowest BCUT2D eigenvalue weighted by atomic mass is 10.1. The molecule has 0 aliphatic carbocycles. The molecule has 1 unspecified atom stereocenters. The van der Waals surface area contributed by atoms with Crippen LogP contribution in [0.1, 0.15) is 12.0 Å². The van der Waals surface area contributed by atoms with Crippen LogP contribution in [0, 0.1) is 11.7 Å². The summed E-state index contributed by atoms with van der Waals surface area (Å²) in [6, 6.07) is 5.23. The molecular formula is C12H16FNO4S2. The Balaban J connectivity index is 1.90. The van der Waals surface area contributed by atoms with Crippen LogP contribution in [-0.4, -0.2) is 34.9 Å². The second-order valence-corrected chi connectivity index (χ2v) is 9.04. The molecule has 1 aliphatic heterocycles. The van der Waals surface area contributed by atoms with Crippen LogP contribution < -0.4 is 4.72 Å². The maximum Gasteiger partial charge on any atom is 0.215 e. The number of sulfone groups is 1. The normalized spacial score (nSPS) is 21.9. The van der Waals surface area contributed by atoms with Gasteiger partial charge in [0.1, 0.15) is 5.82 Å². The van der Waals surface area contributed by atoms with Crippen molar-refractivity contribution in [2.24, 2.45) is 5.92 Å². The minimum Gasteiger partial charge on any atom is -0.229 e. The molecule has 8 heteroatoms. The molecule has 1 aromatic carbocycles. The van der Waals surface area contributed by atoms with Gasteiger partial charge in [-0.15, -0.1) is 0 Å². The Morgan fingerprint density at radius 2 is 1.90 bits per heavy atom. The molecule has 0 aromatic heterocycles. The van der Waals surface area contributed by atoms with E-state index in [1.54, 1.807) is 0 Å². The van der Waals surface area contributed by atoms with Gasteiger partial charge in [-0.1, -0.05) is 12.1 Å². The van der Waals surface area contributed by atoms with Gasteiger partial charge >= 0.3 is 0 Å². The minimum atomic E-state index is -3.54. The van der Waals surface area contributed by atoms with Gasteiger partial charge in [-0.05, 0) is 30.0 Å². The Bertz CT molecular complexity index is 668. The second-order valence-electron chi connectivity index (χ2n) is 5.00. The molecule has 1 atom stereocenters. The number of hydrogen-bond donors (Lipinski definition) is 1. The SMILES string of the molecule is O=S1(=O)CCC(CNS(=O)(=O)Cc2ccc(F)cc2)C1. The van der Waals surface area contributed by atoms with Crippen LogP contribution in [0.5, 0.6) is 0 Å². The molecule has 0 amide bonds. The van der Waals surface area contributed by atoms with Crippen LogP contribution in [0.3, 0.4) is 0 Å². The first-order valence-corrected chi connectivity index (χ1v) is 9.65. The molecule has 1 saturated heterocycles. The predicted molar refractivity (Wildman–Crippen MR) is 73.8 cm³/mol. The van der Waals surface area contributed by atoms with Gasteiger partial charge in [-0.2, -0.15) is 0 Å². The highest BCUT2D eigenvalue weighted by Gasteiger charge is 2.28. The third-order valence-electron chi connectivity index (χ3n) is 3.19. The summed E-state index contributed by atoms with van der Waals surface area (Å²) < 4.78 is 61.4. The molecule has 1 fully saturated rings. The Hall–Kier alpha value is -0.990. The highest BCUT2D eigenvalue weighted by atomic mass is 32.2. The molecule has 0 radical (unpaired) electrons. The van der Waals surface area contributed by atoms with Crippen molar-refractivity contribution >= 4 is 19.9 Å². The number of nitrogens with one attached hydrogen (secondary N) is 1. The van der Waals surface area contributed by atoms with E-state index >= 15 is 0 Å². The Labute approximate surface area is 118 Å². The third kappa shape index (κ3) is 4.53. The highest BCUT2D eigenvalue weighted by molar-refractivity contribution is 7.91. The lowest BCUT2D eigenvalue weighted by molar-refractivity contribution is 0.542. The number of benzene rings is 1. The van der Waals surface area contributed by atoms with E-state index in [0.717, 1.165) is 0 Å². The smallest absolute Gasteiger partial charge is 0.215 e. The van der Waals surface area contributed by atoms with Gasteiger partial charge in [-0.25, -0.2) is 25.9 Å². The summed E-state index contributed by atoms with van der Waals surface area (Å²) in [6.45, 7) is 0.128. The molecule has 1 aromatic rings. The van der Waals surface area contributed by atoms with Gasteiger partial charge < -0.3 is 0 Å². The molecule has 1 N–H and O–H groups in total. The number of hydrogen-bond acceptors (Lipinski definition) is 4. The topological polar surface area (TPSA) is 80.3 Å². The fourth-order valence-electron chi connectivity index (χ4n) is 2.13. The summed E-state index contributed by atoms with van der Waals surface area (Å²) in [7, 11) is -6.54. The van der Waals surface area contributed by atoms with Crippen LogP contribution in [0.25, 0.3) is 0 Å². The molecule has 20 heavy (non-hydrogen) atoms. The highest BCUT2D eigenvalue weighted by Crippen LogP contribution is 2.18. The molecule has 1 aliphatic rings. The van der Waals surface area contributed by atoms with Gasteiger partial charge in [0.15, 0.2) is 9.84 Å². The molecule has 2 rings (SSSR count). The number of halogens is 1. The monoisotopic (exact) mass is 321 g/mol. The summed E-state index contributed by atoms with van der Waals surface area (Å²) in [4.78, 5) is 0. The molecule has 112 valence electrons.